The van der Waals surface area contributed by atoms with E-state index in [9.17, 15) is 4.79 Å². The molecule has 1 aromatic heterocycles. The predicted octanol–water partition coefficient (Wildman–Crippen LogP) is 2.01. The summed E-state index contributed by atoms with van der Waals surface area (Å²) in [6, 6.07) is 9.88. The Labute approximate surface area is 147 Å². The standard InChI is InChI=1S/C19H24N4O2/c24-19(17-13-20-21-18(17)15-5-2-1-3-6-15)23-10-8-22(9-11-23)14-16-7-4-12-25-16/h1-3,5-6,13,16H,4,7-12,14H2,(H,20,21)/t16-/m0/s1. The van der Waals surface area contributed by atoms with E-state index in [1.165, 1.54) is 6.42 Å². The van der Waals surface area contributed by atoms with Crippen LogP contribution in [0.15, 0.2) is 36.5 Å². The van der Waals surface area contributed by atoms with E-state index in [2.05, 4.69) is 15.1 Å². The number of amides is 1. The van der Waals surface area contributed by atoms with E-state index < -0.39 is 0 Å². The van der Waals surface area contributed by atoms with Crippen molar-refractivity contribution in [3.8, 4) is 11.3 Å². The number of piperazine rings is 1. The summed E-state index contributed by atoms with van der Waals surface area (Å²) in [5.74, 6) is 0.0596. The molecule has 4 rings (SSSR count). The number of nitrogens with zero attached hydrogens (tertiary/aromatic N) is 3. The summed E-state index contributed by atoms with van der Waals surface area (Å²) >= 11 is 0. The SMILES string of the molecule is O=C(c1cn[nH]c1-c1ccccc1)N1CCN(C[C@@H]2CCCO2)CC1. The summed E-state index contributed by atoms with van der Waals surface area (Å²) < 4.78 is 5.72. The van der Waals surface area contributed by atoms with Crippen molar-refractivity contribution >= 4 is 5.91 Å². The highest BCUT2D eigenvalue weighted by molar-refractivity contribution is 5.99. The average molecular weight is 340 g/mol. The molecule has 0 radical (unpaired) electrons. The van der Waals surface area contributed by atoms with Gasteiger partial charge in [-0.15, -0.1) is 0 Å². The lowest BCUT2D eigenvalue weighted by molar-refractivity contribution is 0.0433. The normalized spacial score (nSPS) is 21.6. The molecule has 2 aliphatic heterocycles. The van der Waals surface area contributed by atoms with E-state index in [-0.39, 0.29) is 5.91 Å². The fourth-order valence-electron chi connectivity index (χ4n) is 3.65. The third-order valence-corrected chi connectivity index (χ3v) is 5.08. The van der Waals surface area contributed by atoms with Gasteiger partial charge in [0, 0.05) is 44.9 Å². The van der Waals surface area contributed by atoms with E-state index in [1.54, 1.807) is 6.20 Å². The van der Waals surface area contributed by atoms with Crippen LogP contribution in [-0.4, -0.2) is 71.3 Å². The van der Waals surface area contributed by atoms with Crippen LogP contribution in [0, 0.1) is 0 Å². The molecule has 0 spiro atoms. The highest BCUT2D eigenvalue weighted by Gasteiger charge is 2.27. The molecule has 1 amide bonds. The quantitative estimate of drug-likeness (QED) is 0.925. The lowest BCUT2D eigenvalue weighted by atomic mass is 10.1. The second-order valence-electron chi connectivity index (χ2n) is 6.75. The molecule has 0 unspecified atom stereocenters. The van der Waals surface area contributed by atoms with Crippen molar-refractivity contribution in [2.45, 2.75) is 18.9 Å². The largest absolute Gasteiger partial charge is 0.377 e. The molecule has 1 N–H and O–H groups in total. The molecule has 2 fully saturated rings. The van der Waals surface area contributed by atoms with Crippen molar-refractivity contribution < 1.29 is 9.53 Å². The molecule has 2 aromatic rings. The van der Waals surface area contributed by atoms with Crippen molar-refractivity contribution in [2.75, 3.05) is 39.3 Å². The second kappa shape index (κ2) is 7.37. The van der Waals surface area contributed by atoms with E-state index in [0.717, 1.165) is 57.0 Å². The highest BCUT2D eigenvalue weighted by Crippen LogP contribution is 2.22. The Morgan fingerprint density at radius 1 is 1.20 bits per heavy atom. The van der Waals surface area contributed by atoms with Crippen molar-refractivity contribution in [1.82, 2.24) is 20.0 Å². The number of benzene rings is 1. The molecule has 25 heavy (non-hydrogen) atoms. The van der Waals surface area contributed by atoms with Gasteiger partial charge in [0.15, 0.2) is 0 Å². The van der Waals surface area contributed by atoms with Gasteiger partial charge in [-0.2, -0.15) is 5.10 Å². The van der Waals surface area contributed by atoms with Crippen molar-refractivity contribution in [2.24, 2.45) is 0 Å². The molecule has 6 nitrogen and oxygen atoms in total. The number of rotatable bonds is 4. The minimum Gasteiger partial charge on any atom is -0.377 e. The number of carbonyl (C=O) groups is 1. The molecular formula is C19H24N4O2. The van der Waals surface area contributed by atoms with E-state index in [0.29, 0.717) is 11.7 Å². The fourth-order valence-corrected chi connectivity index (χ4v) is 3.65. The van der Waals surface area contributed by atoms with Crippen LogP contribution in [0.5, 0.6) is 0 Å². The predicted molar refractivity (Wildman–Crippen MR) is 95.3 cm³/mol. The van der Waals surface area contributed by atoms with Gasteiger partial charge in [-0.1, -0.05) is 30.3 Å². The van der Waals surface area contributed by atoms with Crippen molar-refractivity contribution in [3.05, 3.63) is 42.1 Å². The van der Waals surface area contributed by atoms with Gasteiger partial charge in [-0.3, -0.25) is 14.8 Å². The Hall–Kier alpha value is -2.18. The Kier molecular flexibility index (Phi) is 4.81. The van der Waals surface area contributed by atoms with Crippen LogP contribution in [0.25, 0.3) is 11.3 Å². The van der Waals surface area contributed by atoms with Crippen LogP contribution in [0.3, 0.4) is 0 Å². The topological polar surface area (TPSA) is 61.5 Å². The lowest BCUT2D eigenvalue weighted by Gasteiger charge is -2.35. The van der Waals surface area contributed by atoms with Crippen LogP contribution in [0.4, 0.5) is 0 Å². The minimum absolute atomic E-state index is 0.0596. The summed E-state index contributed by atoms with van der Waals surface area (Å²) in [5.41, 5.74) is 2.44. The first kappa shape index (κ1) is 16.3. The maximum absolute atomic E-state index is 12.9. The van der Waals surface area contributed by atoms with Crippen molar-refractivity contribution in [3.63, 3.8) is 0 Å². The van der Waals surface area contributed by atoms with Gasteiger partial charge >= 0.3 is 0 Å². The zero-order valence-corrected chi connectivity index (χ0v) is 14.4. The first-order valence-corrected chi connectivity index (χ1v) is 9.03. The number of hydrogen-bond donors (Lipinski definition) is 1. The Morgan fingerprint density at radius 3 is 2.72 bits per heavy atom. The Morgan fingerprint density at radius 2 is 2.00 bits per heavy atom. The molecule has 2 aliphatic rings. The van der Waals surface area contributed by atoms with Gasteiger partial charge in [0.1, 0.15) is 0 Å². The van der Waals surface area contributed by atoms with E-state index >= 15 is 0 Å². The third-order valence-electron chi connectivity index (χ3n) is 5.08. The summed E-state index contributed by atoms with van der Waals surface area (Å²) in [6.07, 6.45) is 4.35. The van der Waals surface area contributed by atoms with Gasteiger partial charge in [0.25, 0.3) is 5.91 Å². The van der Waals surface area contributed by atoms with Gasteiger partial charge < -0.3 is 9.64 Å². The number of aromatic nitrogens is 2. The summed E-state index contributed by atoms with van der Waals surface area (Å²) in [6.45, 7) is 5.21. The number of hydrogen-bond acceptors (Lipinski definition) is 4. The molecular weight excluding hydrogens is 316 g/mol. The number of carbonyl (C=O) groups excluding carboxylic acids is 1. The second-order valence-corrected chi connectivity index (χ2v) is 6.75. The fraction of sp³-hybridized carbons (Fsp3) is 0.474. The summed E-state index contributed by atoms with van der Waals surface area (Å²) in [5, 5.41) is 7.07. The Bertz CT molecular complexity index is 701. The molecule has 0 bridgehead atoms. The number of ether oxygens (including phenoxy) is 1. The lowest BCUT2D eigenvalue weighted by Crippen LogP contribution is -2.50. The molecule has 0 aliphatic carbocycles. The Balaban J connectivity index is 1.39. The van der Waals surface area contributed by atoms with Crippen LogP contribution >= 0.6 is 0 Å². The molecule has 2 saturated heterocycles. The van der Waals surface area contributed by atoms with Crippen LogP contribution in [0.2, 0.25) is 0 Å². The molecule has 0 saturated carbocycles. The number of aromatic amines is 1. The maximum atomic E-state index is 12.9. The monoisotopic (exact) mass is 340 g/mol. The zero-order valence-electron chi connectivity index (χ0n) is 14.4. The molecule has 1 aromatic carbocycles. The van der Waals surface area contributed by atoms with Crippen LogP contribution < -0.4 is 0 Å². The molecule has 3 heterocycles. The number of H-pyrrole nitrogens is 1. The zero-order chi connectivity index (χ0) is 17.1. The highest BCUT2D eigenvalue weighted by atomic mass is 16.5. The first-order valence-electron chi connectivity index (χ1n) is 9.03. The smallest absolute Gasteiger partial charge is 0.257 e. The van der Waals surface area contributed by atoms with E-state index in [1.807, 2.05) is 35.2 Å². The first-order chi connectivity index (χ1) is 12.3. The third kappa shape index (κ3) is 3.60. The maximum Gasteiger partial charge on any atom is 0.257 e. The van der Waals surface area contributed by atoms with Gasteiger partial charge in [-0.25, -0.2) is 0 Å². The average Bonchev–Trinajstić information content (AvgIpc) is 3.34. The summed E-state index contributed by atoms with van der Waals surface area (Å²) in [7, 11) is 0. The molecule has 132 valence electrons. The van der Waals surface area contributed by atoms with Gasteiger partial charge in [0.05, 0.1) is 23.6 Å². The van der Waals surface area contributed by atoms with Gasteiger partial charge in [0.2, 0.25) is 0 Å². The summed E-state index contributed by atoms with van der Waals surface area (Å²) in [4.78, 5) is 17.3. The van der Waals surface area contributed by atoms with Crippen LogP contribution in [0.1, 0.15) is 23.2 Å². The number of nitrogens with one attached hydrogen (secondary N) is 1. The van der Waals surface area contributed by atoms with Crippen LogP contribution in [-0.2, 0) is 4.74 Å². The molecule has 1 atom stereocenters. The minimum atomic E-state index is 0.0596. The van der Waals surface area contributed by atoms with E-state index in [4.69, 9.17) is 4.74 Å². The molecule has 6 heteroatoms. The van der Waals surface area contributed by atoms with Crippen molar-refractivity contribution in [1.29, 1.82) is 0 Å². The van der Waals surface area contributed by atoms with Gasteiger partial charge in [-0.05, 0) is 12.8 Å².